The summed E-state index contributed by atoms with van der Waals surface area (Å²) in [6.07, 6.45) is 0.944. The summed E-state index contributed by atoms with van der Waals surface area (Å²) in [5, 5.41) is 2.61. The maximum atomic E-state index is 13.1. The van der Waals surface area contributed by atoms with Crippen LogP contribution in [0.2, 0.25) is 10.0 Å². The lowest BCUT2D eigenvalue weighted by atomic mass is 10.3. The molecule has 128 valence electrons. The standard InChI is InChI=1S/C15H13Cl2FN2O3S/c1-24(22,23)20(13-7-3-6-12(16)15(13)17)9-14(21)19-11-5-2-4-10(18)8-11/h2-8H,9H2,1H3,(H,19,21). The summed E-state index contributed by atoms with van der Waals surface area (Å²) in [5.41, 5.74) is 0.298. The molecule has 0 unspecified atom stereocenters. The van der Waals surface area contributed by atoms with Crippen LogP contribution in [0.5, 0.6) is 0 Å². The number of hydrogen-bond donors (Lipinski definition) is 1. The SMILES string of the molecule is CS(=O)(=O)N(CC(=O)Nc1cccc(F)c1)c1cccc(Cl)c1Cl. The van der Waals surface area contributed by atoms with Crippen molar-refractivity contribution in [2.45, 2.75) is 0 Å². The molecular weight excluding hydrogens is 378 g/mol. The van der Waals surface area contributed by atoms with Crippen LogP contribution in [0, 0.1) is 5.82 Å². The number of rotatable bonds is 5. The Labute approximate surface area is 149 Å². The summed E-state index contributed by atoms with van der Waals surface area (Å²) in [4.78, 5) is 12.1. The molecule has 1 amide bonds. The van der Waals surface area contributed by atoms with Crippen molar-refractivity contribution in [3.63, 3.8) is 0 Å². The van der Waals surface area contributed by atoms with Gasteiger partial charge in [-0.1, -0.05) is 35.3 Å². The topological polar surface area (TPSA) is 66.5 Å². The first kappa shape index (κ1) is 18.5. The summed E-state index contributed by atoms with van der Waals surface area (Å²) in [5.74, 6) is -1.17. The number of sulfonamides is 1. The highest BCUT2D eigenvalue weighted by molar-refractivity contribution is 7.92. The van der Waals surface area contributed by atoms with Crippen LogP contribution in [0.1, 0.15) is 0 Å². The molecule has 0 atom stereocenters. The van der Waals surface area contributed by atoms with E-state index in [0.717, 1.165) is 16.6 Å². The fourth-order valence-corrected chi connectivity index (χ4v) is 3.27. The van der Waals surface area contributed by atoms with Gasteiger partial charge < -0.3 is 5.32 Å². The van der Waals surface area contributed by atoms with Crippen molar-refractivity contribution in [2.75, 3.05) is 22.4 Å². The second kappa shape index (κ2) is 7.38. The number of halogens is 3. The maximum absolute atomic E-state index is 13.1. The predicted octanol–water partition coefficient (Wildman–Crippen LogP) is 3.54. The van der Waals surface area contributed by atoms with Gasteiger partial charge in [0, 0.05) is 5.69 Å². The molecule has 0 fully saturated rings. The molecule has 0 saturated heterocycles. The van der Waals surface area contributed by atoms with Crippen LogP contribution in [-0.4, -0.2) is 27.1 Å². The lowest BCUT2D eigenvalue weighted by Crippen LogP contribution is -2.37. The van der Waals surface area contributed by atoms with E-state index in [1.807, 2.05) is 0 Å². The summed E-state index contributed by atoms with van der Waals surface area (Å²) in [6, 6.07) is 9.71. The molecule has 0 aliphatic rings. The van der Waals surface area contributed by atoms with E-state index >= 15 is 0 Å². The van der Waals surface area contributed by atoms with Crippen LogP contribution >= 0.6 is 23.2 Å². The monoisotopic (exact) mass is 390 g/mol. The Morgan fingerprint density at radius 3 is 2.50 bits per heavy atom. The number of amides is 1. The fraction of sp³-hybridized carbons (Fsp3) is 0.133. The Hall–Kier alpha value is -1.83. The van der Waals surface area contributed by atoms with Gasteiger partial charge in [0.25, 0.3) is 0 Å². The summed E-state index contributed by atoms with van der Waals surface area (Å²) in [6.45, 7) is -0.532. The minimum absolute atomic E-state index is 0.0168. The van der Waals surface area contributed by atoms with Gasteiger partial charge in [0.1, 0.15) is 12.4 Å². The lowest BCUT2D eigenvalue weighted by Gasteiger charge is -2.23. The average Bonchev–Trinajstić information content (AvgIpc) is 2.47. The predicted molar refractivity (Wildman–Crippen MR) is 93.7 cm³/mol. The highest BCUT2D eigenvalue weighted by Crippen LogP contribution is 2.33. The van der Waals surface area contributed by atoms with E-state index in [1.165, 1.54) is 36.4 Å². The molecule has 0 bridgehead atoms. The van der Waals surface area contributed by atoms with E-state index in [1.54, 1.807) is 0 Å². The van der Waals surface area contributed by atoms with Gasteiger partial charge in [-0.25, -0.2) is 12.8 Å². The summed E-state index contributed by atoms with van der Waals surface area (Å²) < 4.78 is 38.0. The Balaban J connectivity index is 2.27. The Bertz CT molecular complexity index is 875. The number of carbonyl (C=O) groups excluding carboxylic acids is 1. The average molecular weight is 391 g/mol. The molecule has 0 spiro atoms. The van der Waals surface area contributed by atoms with E-state index in [4.69, 9.17) is 23.2 Å². The van der Waals surface area contributed by atoms with Gasteiger partial charge >= 0.3 is 0 Å². The van der Waals surface area contributed by atoms with Crippen molar-refractivity contribution < 1.29 is 17.6 Å². The number of anilines is 2. The second-order valence-corrected chi connectivity index (χ2v) is 7.59. The van der Waals surface area contributed by atoms with Gasteiger partial charge in [-0.15, -0.1) is 0 Å². The molecule has 5 nitrogen and oxygen atoms in total. The van der Waals surface area contributed by atoms with Crippen LogP contribution < -0.4 is 9.62 Å². The highest BCUT2D eigenvalue weighted by atomic mass is 35.5. The molecule has 0 radical (unpaired) electrons. The fourth-order valence-electron chi connectivity index (χ4n) is 1.96. The van der Waals surface area contributed by atoms with Gasteiger partial charge in [-0.3, -0.25) is 9.10 Å². The molecule has 9 heteroatoms. The molecule has 24 heavy (non-hydrogen) atoms. The second-order valence-electron chi connectivity index (χ2n) is 4.90. The Morgan fingerprint density at radius 2 is 1.88 bits per heavy atom. The van der Waals surface area contributed by atoms with Crippen LogP contribution in [0.3, 0.4) is 0 Å². The molecule has 0 aliphatic carbocycles. The van der Waals surface area contributed by atoms with Gasteiger partial charge in [-0.2, -0.15) is 0 Å². The summed E-state index contributed by atoms with van der Waals surface area (Å²) >= 11 is 11.9. The molecule has 0 aromatic heterocycles. The van der Waals surface area contributed by atoms with Crippen LogP contribution in [-0.2, 0) is 14.8 Å². The third-order valence-corrected chi connectivity index (χ3v) is 4.93. The van der Waals surface area contributed by atoms with Gasteiger partial charge in [0.2, 0.25) is 15.9 Å². The Morgan fingerprint density at radius 1 is 1.21 bits per heavy atom. The van der Waals surface area contributed by atoms with Crippen LogP contribution in [0.15, 0.2) is 42.5 Å². The minimum Gasteiger partial charge on any atom is -0.324 e. The van der Waals surface area contributed by atoms with Crippen molar-refractivity contribution >= 4 is 50.5 Å². The van der Waals surface area contributed by atoms with Gasteiger partial charge in [0.15, 0.2) is 0 Å². The molecule has 0 saturated carbocycles. The highest BCUT2D eigenvalue weighted by Gasteiger charge is 2.24. The van der Waals surface area contributed by atoms with E-state index < -0.39 is 28.3 Å². The van der Waals surface area contributed by atoms with Crippen LogP contribution in [0.4, 0.5) is 15.8 Å². The first-order valence-corrected chi connectivity index (χ1v) is 9.26. The lowest BCUT2D eigenvalue weighted by molar-refractivity contribution is -0.114. The van der Waals surface area contributed by atoms with E-state index in [9.17, 15) is 17.6 Å². The van der Waals surface area contributed by atoms with Crippen LogP contribution in [0.25, 0.3) is 0 Å². The first-order valence-electron chi connectivity index (χ1n) is 6.65. The maximum Gasteiger partial charge on any atom is 0.245 e. The van der Waals surface area contributed by atoms with E-state index in [0.29, 0.717) is 0 Å². The number of hydrogen-bond acceptors (Lipinski definition) is 3. The molecular formula is C15H13Cl2FN2O3S. The molecule has 0 heterocycles. The third kappa shape index (κ3) is 4.59. The molecule has 0 aliphatic heterocycles. The number of carbonyl (C=O) groups is 1. The minimum atomic E-state index is -3.80. The Kier molecular flexibility index (Phi) is 5.69. The quantitative estimate of drug-likeness (QED) is 0.848. The zero-order chi connectivity index (χ0) is 17.9. The number of benzene rings is 2. The number of nitrogens with one attached hydrogen (secondary N) is 1. The van der Waals surface area contributed by atoms with E-state index in [2.05, 4.69) is 5.32 Å². The normalized spacial score (nSPS) is 11.2. The smallest absolute Gasteiger partial charge is 0.245 e. The van der Waals surface area contributed by atoms with Crippen molar-refractivity contribution in [2.24, 2.45) is 0 Å². The van der Waals surface area contributed by atoms with Crippen molar-refractivity contribution in [1.82, 2.24) is 0 Å². The molecule has 1 N–H and O–H groups in total. The van der Waals surface area contributed by atoms with E-state index in [-0.39, 0.29) is 21.4 Å². The van der Waals surface area contributed by atoms with Gasteiger partial charge in [-0.05, 0) is 30.3 Å². The van der Waals surface area contributed by atoms with Crippen molar-refractivity contribution in [1.29, 1.82) is 0 Å². The van der Waals surface area contributed by atoms with Crippen molar-refractivity contribution in [3.05, 3.63) is 58.3 Å². The largest absolute Gasteiger partial charge is 0.324 e. The molecule has 2 rings (SSSR count). The molecule has 2 aromatic carbocycles. The van der Waals surface area contributed by atoms with Crippen molar-refractivity contribution in [3.8, 4) is 0 Å². The molecule has 2 aromatic rings. The number of nitrogens with zero attached hydrogens (tertiary/aromatic N) is 1. The summed E-state index contributed by atoms with van der Waals surface area (Å²) in [7, 11) is -3.80. The third-order valence-electron chi connectivity index (χ3n) is 3.00. The first-order chi connectivity index (χ1) is 11.2. The zero-order valence-electron chi connectivity index (χ0n) is 12.5. The van der Waals surface area contributed by atoms with Gasteiger partial charge in [0.05, 0.1) is 22.0 Å². The zero-order valence-corrected chi connectivity index (χ0v) is 14.8.